The molecule has 270 valence electrons. The molecule has 8 aromatic carbocycles. The van der Waals surface area contributed by atoms with Gasteiger partial charge in [-0.1, -0.05) is 195 Å². The van der Waals surface area contributed by atoms with E-state index in [0.717, 1.165) is 28.2 Å². The normalized spacial score (nSPS) is 12.5. The van der Waals surface area contributed by atoms with Crippen LogP contribution in [0, 0.1) is 0 Å². The molecule has 0 aliphatic carbocycles. The summed E-state index contributed by atoms with van der Waals surface area (Å²) in [4.78, 5) is 10.6. The Morgan fingerprint density at radius 1 is 0.316 bits per heavy atom. The molecule has 0 radical (unpaired) electrons. The van der Waals surface area contributed by atoms with Gasteiger partial charge in [0.1, 0.15) is 8.07 Å². The first-order chi connectivity index (χ1) is 28.0. The van der Waals surface area contributed by atoms with Crippen LogP contribution in [0.2, 0.25) is 13.1 Å². The minimum atomic E-state index is -2.02. The number of hydrogen-bond acceptors (Lipinski definition) is 2. The number of rotatable bonds is 7. The van der Waals surface area contributed by atoms with Crippen molar-refractivity contribution in [1.29, 1.82) is 0 Å². The molecule has 57 heavy (non-hydrogen) atoms. The van der Waals surface area contributed by atoms with Gasteiger partial charge in [-0.05, 0) is 90.7 Å². The first-order valence-corrected chi connectivity index (χ1v) is 22.6. The van der Waals surface area contributed by atoms with Gasteiger partial charge in [-0.3, -0.25) is 0 Å². The Kier molecular flexibility index (Phi) is 8.66. The fraction of sp³-hybridized carbons (Fsp3) is 0.0370. The molecule has 0 saturated heterocycles. The minimum absolute atomic E-state index is 0.784. The summed E-state index contributed by atoms with van der Waals surface area (Å²) in [6, 6.07) is 74.2. The van der Waals surface area contributed by atoms with Crippen LogP contribution < -0.4 is 10.5 Å². The van der Waals surface area contributed by atoms with Gasteiger partial charge in [0.25, 0.3) is 0 Å². The number of fused-ring (bicyclic) bond motifs is 3. The SMILES string of the molecule is C[Si]1(C)c2ccccc2-c2c(-c3ccccc3)nc(-c3ccc(-c4cccc(-c5ccc(-c6cc(-c7ccccc7)cc(-c7ccccc7)c6)cc5)c4)cc3)nc21. The molecule has 1 aliphatic heterocycles. The van der Waals surface area contributed by atoms with Crippen LogP contribution in [-0.2, 0) is 0 Å². The Morgan fingerprint density at radius 2 is 0.702 bits per heavy atom. The molecule has 1 aromatic heterocycles. The van der Waals surface area contributed by atoms with Crippen LogP contribution in [0.1, 0.15) is 0 Å². The second kappa shape index (κ2) is 14.3. The third-order valence-corrected chi connectivity index (χ3v) is 14.8. The van der Waals surface area contributed by atoms with Gasteiger partial charge in [-0.25, -0.2) is 9.97 Å². The molecule has 0 atom stereocenters. The monoisotopic (exact) mass is 744 g/mol. The molecular weight excluding hydrogens is 705 g/mol. The summed E-state index contributed by atoms with van der Waals surface area (Å²) in [5, 5.41) is 2.65. The van der Waals surface area contributed by atoms with Gasteiger partial charge >= 0.3 is 0 Å². The van der Waals surface area contributed by atoms with Crippen molar-refractivity contribution in [1.82, 2.24) is 9.97 Å². The van der Waals surface area contributed by atoms with Crippen LogP contribution in [0.3, 0.4) is 0 Å². The quantitative estimate of drug-likeness (QED) is 0.152. The highest BCUT2D eigenvalue weighted by Crippen LogP contribution is 2.38. The lowest BCUT2D eigenvalue weighted by Gasteiger charge is -2.19. The van der Waals surface area contributed by atoms with Crippen LogP contribution in [0.4, 0.5) is 0 Å². The average molecular weight is 745 g/mol. The highest BCUT2D eigenvalue weighted by Gasteiger charge is 2.41. The predicted octanol–water partition coefficient (Wildman–Crippen LogP) is 12.9. The van der Waals surface area contributed by atoms with Crippen molar-refractivity contribution in [3.8, 4) is 89.4 Å². The number of aromatic nitrogens is 2. The van der Waals surface area contributed by atoms with Crippen LogP contribution in [-0.4, -0.2) is 18.0 Å². The Hall–Kier alpha value is -6.94. The topological polar surface area (TPSA) is 25.8 Å². The molecule has 0 unspecified atom stereocenters. The van der Waals surface area contributed by atoms with E-state index < -0.39 is 8.07 Å². The lowest BCUT2D eigenvalue weighted by molar-refractivity contribution is 1.21. The van der Waals surface area contributed by atoms with Crippen molar-refractivity contribution >= 4 is 18.6 Å². The van der Waals surface area contributed by atoms with E-state index in [1.54, 1.807) is 0 Å². The molecule has 0 fully saturated rings. The maximum atomic E-state index is 5.35. The molecule has 0 spiro atoms. The van der Waals surface area contributed by atoms with Gasteiger partial charge in [0, 0.05) is 22.0 Å². The predicted molar refractivity (Wildman–Crippen MR) is 242 cm³/mol. The third-order valence-electron chi connectivity index (χ3n) is 11.5. The zero-order valence-corrected chi connectivity index (χ0v) is 33.0. The van der Waals surface area contributed by atoms with E-state index in [1.807, 2.05) is 0 Å². The first kappa shape index (κ1) is 34.5. The molecule has 0 N–H and O–H groups in total. The molecule has 0 bridgehead atoms. The molecule has 2 heterocycles. The second-order valence-corrected chi connectivity index (χ2v) is 19.7. The lowest BCUT2D eigenvalue weighted by Crippen LogP contribution is -2.50. The Morgan fingerprint density at radius 3 is 1.23 bits per heavy atom. The number of nitrogens with zero attached hydrogens (tertiary/aromatic N) is 2. The summed E-state index contributed by atoms with van der Waals surface area (Å²) in [7, 11) is -2.02. The van der Waals surface area contributed by atoms with Gasteiger partial charge < -0.3 is 0 Å². The molecule has 3 heteroatoms. The van der Waals surface area contributed by atoms with E-state index in [4.69, 9.17) is 9.97 Å². The van der Waals surface area contributed by atoms with E-state index in [0.29, 0.717) is 0 Å². The van der Waals surface area contributed by atoms with Gasteiger partial charge in [-0.15, -0.1) is 0 Å². The van der Waals surface area contributed by atoms with Crippen molar-refractivity contribution in [2.24, 2.45) is 0 Å². The van der Waals surface area contributed by atoms with Crippen molar-refractivity contribution in [2.75, 3.05) is 0 Å². The van der Waals surface area contributed by atoms with E-state index in [-0.39, 0.29) is 0 Å². The maximum absolute atomic E-state index is 5.35. The molecular formula is C54H40N2Si. The zero-order chi connectivity index (χ0) is 38.3. The molecule has 1 aliphatic rings. The van der Waals surface area contributed by atoms with Crippen molar-refractivity contribution < 1.29 is 0 Å². The van der Waals surface area contributed by atoms with Crippen LogP contribution in [0.25, 0.3) is 89.4 Å². The van der Waals surface area contributed by atoms with E-state index in [2.05, 4.69) is 219 Å². The fourth-order valence-corrected chi connectivity index (χ4v) is 11.3. The van der Waals surface area contributed by atoms with Gasteiger partial charge in [0.2, 0.25) is 0 Å². The van der Waals surface area contributed by atoms with Crippen molar-refractivity contribution in [3.05, 3.63) is 206 Å². The molecule has 9 aromatic rings. The Labute approximate surface area is 335 Å². The summed E-state index contributed by atoms with van der Waals surface area (Å²) in [5.41, 5.74) is 17.6. The van der Waals surface area contributed by atoms with E-state index in [1.165, 1.54) is 71.7 Å². The Balaban J connectivity index is 0.958. The highest BCUT2D eigenvalue weighted by molar-refractivity contribution is 7.03. The molecule has 10 rings (SSSR count). The summed E-state index contributed by atoms with van der Waals surface area (Å²) >= 11 is 0. The van der Waals surface area contributed by atoms with Gasteiger partial charge in [-0.2, -0.15) is 0 Å². The minimum Gasteiger partial charge on any atom is -0.237 e. The largest absolute Gasteiger partial charge is 0.237 e. The van der Waals surface area contributed by atoms with E-state index >= 15 is 0 Å². The average Bonchev–Trinajstić information content (AvgIpc) is 3.52. The standard InChI is InChI=1S/C54H40N2Si/c1-57(2)50-24-13-12-23-49(50)51-52(42-19-10-5-11-20-42)55-53(56-54(51)57)43-31-29-40(30-32-43)45-22-14-21-44(33-45)39-25-27-41(28-26-39)48-35-46(37-15-6-3-7-16-37)34-47(36-48)38-17-8-4-9-18-38/h3-36H,1-2H3. The summed E-state index contributed by atoms with van der Waals surface area (Å²) in [5.74, 6) is 0.784. The lowest BCUT2D eigenvalue weighted by atomic mass is 9.92. The van der Waals surface area contributed by atoms with Crippen LogP contribution in [0.5, 0.6) is 0 Å². The maximum Gasteiger partial charge on any atom is 0.159 e. The van der Waals surface area contributed by atoms with Gasteiger partial charge in [0.05, 0.1) is 5.69 Å². The summed E-state index contributed by atoms with van der Waals surface area (Å²) in [6.45, 7) is 4.83. The number of hydrogen-bond donors (Lipinski definition) is 0. The molecule has 2 nitrogen and oxygen atoms in total. The number of benzene rings is 8. The second-order valence-electron chi connectivity index (χ2n) is 15.4. The smallest absolute Gasteiger partial charge is 0.159 e. The highest BCUT2D eigenvalue weighted by atomic mass is 28.3. The van der Waals surface area contributed by atoms with Crippen molar-refractivity contribution in [3.63, 3.8) is 0 Å². The fourth-order valence-electron chi connectivity index (χ4n) is 8.41. The third kappa shape index (κ3) is 6.42. The van der Waals surface area contributed by atoms with Crippen molar-refractivity contribution in [2.45, 2.75) is 13.1 Å². The van der Waals surface area contributed by atoms with Crippen LogP contribution >= 0.6 is 0 Å². The van der Waals surface area contributed by atoms with Crippen LogP contribution in [0.15, 0.2) is 206 Å². The first-order valence-electron chi connectivity index (χ1n) is 19.6. The molecule has 0 saturated carbocycles. The summed E-state index contributed by atoms with van der Waals surface area (Å²) in [6.07, 6.45) is 0. The van der Waals surface area contributed by atoms with Gasteiger partial charge in [0.15, 0.2) is 5.82 Å². The summed E-state index contributed by atoms with van der Waals surface area (Å²) < 4.78 is 0. The van der Waals surface area contributed by atoms with E-state index in [9.17, 15) is 0 Å². The zero-order valence-electron chi connectivity index (χ0n) is 32.0. The molecule has 0 amide bonds. The Bertz CT molecular complexity index is 2820.